The topological polar surface area (TPSA) is 41.6 Å². The van der Waals surface area contributed by atoms with Gasteiger partial charge in [0, 0.05) is 31.1 Å². The summed E-state index contributed by atoms with van der Waals surface area (Å²) in [4.78, 5) is 16.8. The quantitative estimate of drug-likeness (QED) is 0.492. The van der Waals surface area contributed by atoms with E-state index in [1.165, 1.54) is 37.7 Å². The Kier molecular flexibility index (Phi) is 7.43. The van der Waals surface area contributed by atoms with Crippen LogP contribution in [0.5, 0.6) is 5.75 Å². The third-order valence-electron chi connectivity index (χ3n) is 10.1. The van der Waals surface area contributed by atoms with Crippen LogP contribution in [0.1, 0.15) is 80.4 Å². The van der Waals surface area contributed by atoms with Crippen LogP contribution in [0.4, 0.5) is 8.78 Å². The summed E-state index contributed by atoms with van der Waals surface area (Å²) in [7, 11) is 0. The van der Waals surface area contributed by atoms with E-state index in [9.17, 15) is 13.6 Å². The average Bonchev–Trinajstić information content (AvgIpc) is 3.37. The number of nitrogens with one attached hydrogen (secondary N) is 1. The number of nitrogens with zero attached hydrogens (tertiary/aromatic N) is 1. The predicted octanol–water partition coefficient (Wildman–Crippen LogP) is 6.44. The summed E-state index contributed by atoms with van der Waals surface area (Å²) in [5.74, 6) is 1.42. The van der Waals surface area contributed by atoms with Crippen LogP contribution in [-0.4, -0.2) is 43.1 Å². The fraction of sp³-hybridized carbons (Fsp3) is 0.594. The Morgan fingerprint density at radius 2 is 1.82 bits per heavy atom. The van der Waals surface area contributed by atoms with Crippen LogP contribution in [0, 0.1) is 11.8 Å². The van der Waals surface area contributed by atoms with Gasteiger partial charge < -0.3 is 15.0 Å². The Bertz CT molecular complexity index is 1120. The van der Waals surface area contributed by atoms with Gasteiger partial charge in [0.2, 0.25) is 5.91 Å². The fourth-order valence-electron chi connectivity index (χ4n) is 8.30. The second kappa shape index (κ2) is 11.0. The summed E-state index contributed by atoms with van der Waals surface area (Å²) >= 11 is 0. The average molecular weight is 523 g/mol. The molecule has 2 aliphatic carbocycles. The second-order valence-electron chi connectivity index (χ2n) is 12.0. The Labute approximate surface area is 225 Å². The van der Waals surface area contributed by atoms with Gasteiger partial charge in [0.1, 0.15) is 5.75 Å². The highest BCUT2D eigenvalue weighted by molar-refractivity contribution is 5.82. The zero-order valence-electron chi connectivity index (χ0n) is 22.2. The second-order valence-corrected chi connectivity index (χ2v) is 12.0. The van der Waals surface area contributed by atoms with Crippen LogP contribution in [0.3, 0.4) is 0 Å². The normalized spacial score (nSPS) is 30.0. The summed E-state index contributed by atoms with van der Waals surface area (Å²) < 4.78 is 31.3. The van der Waals surface area contributed by atoms with Gasteiger partial charge in [-0.25, -0.2) is 0 Å². The lowest BCUT2D eigenvalue weighted by Gasteiger charge is -2.48. The van der Waals surface area contributed by atoms with Gasteiger partial charge in [0.15, 0.2) is 0 Å². The Morgan fingerprint density at radius 1 is 1.00 bits per heavy atom. The number of likely N-dealkylation sites (tertiary alicyclic amines) is 1. The molecule has 0 bridgehead atoms. The molecule has 204 valence electrons. The smallest absolute Gasteiger partial charge is 0.387 e. The first-order valence-corrected chi connectivity index (χ1v) is 14.7. The van der Waals surface area contributed by atoms with Crippen molar-refractivity contribution < 1.29 is 18.3 Å². The van der Waals surface area contributed by atoms with E-state index >= 15 is 0 Å². The number of amides is 1. The van der Waals surface area contributed by atoms with Crippen LogP contribution in [0.15, 0.2) is 48.5 Å². The highest BCUT2D eigenvalue weighted by Crippen LogP contribution is 2.49. The molecular weight excluding hydrogens is 482 g/mol. The number of hydrogen-bond acceptors (Lipinski definition) is 3. The van der Waals surface area contributed by atoms with Crippen molar-refractivity contribution in [1.29, 1.82) is 0 Å². The number of benzene rings is 2. The Morgan fingerprint density at radius 3 is 2.61 bits per heavy atom. The van der Waals surface area contributed by atoms with Crippen LogP contribution in [0.2, 0.25) is 0 Å². The van der Waals surface area contributed by atoms with Gasteiger partial charge in [-0.1, -0.05) is 61.7 Å². The zero-order chi connectivity index (χ0) is 26.1. The third-order valence-corrected chi connectivity index (χ3v) is 10.1. The van der Waals surface area contributed by atoms with Gasteiger partial charge in [-0.15, -0.1) is 0 Å². The van der Waals surface area contributed by atoms with Gasteiger partial charge >= 0.3 is 6.61 Å². The van der Waals surface area contributed by atoms with Crippen molar-refractivity contribution in [2.45, 2.75) is 88.2 Å². The van der Waals surface area contributed by atoms with E-state index in [0.717, 1.165) is 43.4 Å². The van der Waals surface area contributed by atoms with Crippen molar-refractivity contribution in [1.82, 2.24) is 10.2 Å². The van der Waals surface area contributed by atoms with Crippen molar-refractivity contribution in [3.05, 3.63) is 65.2 Å². The molecule has 0 radical (unpaired) electrons. The van der Waals surface area contributed by atoms with Crippen LogP contribution < -0.4 is 10.1 Å². The molecule has 6 heteroatoms. The lowest BCUT2D eigenvalue weighted by molar-refractivity contribution is -0.143. The Hall–Kier alpha value is -2.47. The number of carbonyl (C=O) groups is 1. The number of ether oxygens (including phenoxy) is 1. The molecule has 4 aliphatic rings. The molecule has 3 fully saturated rings. The summed E-state index contributed by atoms with van der Waals surface area (Å²) in [6.07, 6.45) is 10.8. The number of fused-ring (bicyclic) bond motifs is 2. The molecule has 4 unspecified atom stereocenters. The molecule has 1 N–H and O–H groups in total. The molecule has 1 saturated carbocycles. The van der Waals surface area contributed by atoms with Gasteiger partial charge in [-0.2, -0.15) is 8.78 Å². The molecule has 2 heterocycles. The van der Waals surface area contributed by atoms with Gasteiger partial charge in [0.05, 0.1) is 5.92 Å². The van der Waals surface area contributed by atoms with Crippen molar-refractivity contribution in [2.75, 3.05) is 19.6 Å². The van der Waals surface area contributed by atoms with Crippen molar-refractivity contribution in [2.24, 2.45) is 11.8 Å². The summed E-state index contributed by atoms with van der Waals surface area (Å²) in [5.41, 5.74) is 2.94. The number of carbonyl (C=O) groups excluding carboxylic acids is 1. The van der Waals surface area contributed by atoms with E-state index in [1.807, 2.05) is 6.07 Å². The molecule has 1 spiro atoms. The number of alkyl halides is 2. The third kappa shape index (κ3) is 4.74. The summed E-state index contributed by atoms with van der Waals surface area (Å²) in [5, 5.41) is 3.55. The maximum atomic E-state index is 14.6. The molecular formula is C32H40F2N2O2. The monoisotopic (exact) mass is 522 g/mol. The zero-order valence-corrected chi connectivity index (χ0v) is 22.2. The fourth-order valence-corrected chi connectivity index (χ4v) is 8.30. The summed E-state index contributed by atoms with van der Waals surface area (Å²) in [6, 6.07) is 16.6. The lowest BCUT2D eigenvalue weighted by Crippen LogP contribution is -2.55. The molecule has 2 aromatic rings. The molecule has 2 saturated heterocycles. The maximum absolute atomic E-state index is 14.6. The molecule has 0 aromatic heterocycles. The minimum absolute atomic E-state index is 0.178. The van der Waals surface area contributed by atoms with Gasteiger partial charge in [0.25, 0.3) is 0 Å². The van der Waals surface area contributed by atoms with E-state index in [2.05, 4.69) is 46.6 Å². The minimum atomic E-state index is -2.85. The van der Waals surface area contributed by atoms with Crippen LogP contribution in [0.25, 0.3) is 0 Å². The maximum Gasteiger partial charge on any atom is 0.387 e. The molecule has 38 heavy (non-hydrogen) atoms. The van der Waals surface area contributed by atoms with Gasteiger partial charge in [-0.3, -0.25) is 4.79 Å². The lowest BCUT2D eigenvalue weighted by atomic mass is 9.63. The standard InChI is InChI=1S/C32H40F2N2O2/c33-31(34)38-29-15-7-14-26-25(29)13-8-17-32(26)21-35-20-27(32)30(37)36-18-16-24(22-9-3-1-4-10-22)19-28(36)23-11-5-2-6-12-23/h1,3-4,7,9-10,14-15,23-24,27-28,31,35H,2,5-6,8,11-13,16-21H2. The molecule has 2 aliphatic heterocycles. The van der Waals surface area contributed by atoms with E-state index in [0.29, 0.717) is 31.3 Å². The predicted molar refractivity (Wildman–Crippen MR) is 145 cm³/mol. The van der Waals surface area contributed by atoms with Gasteiger partial charge in [-0.05, 0) is 79.5 Å². The Balaban J connectivity index is 1.31. The van der Waals surface area contributed by atoms with Crippen molar-refractivity contribution >= 4 is 5.91 Å². The SMILES string of the molecule is O=C(C1CNCC12CCCc1c(OC(F)F)cccc12)N1CCC(c2ccccc2)CC1C1CCCCC1. The van der Waals surface area contributed by atoms with Crippen LogP contribution in [-0.2, 0) is 16.6 Å². The first-order chi connectivity index (χ1) is 18.6. The largest absolute Gasteiger partial charge is 0.435 e. The highest BCUT2D eigenvalue weighted by Gasteiger charge is 2.52. The first kappa shape index (κ1) is 25.8. The van der Waals surface area contributed by atoms with E-state index in [-0.39, 0.29) is 29.0 Å². The molecule has 6 rings (SSSR count). The number of hydrogen-bond donors (Lipinski definition) is 1. The molecule has 2 aromatic carbocycles. The minimum Gasteiger partial charge on any atom is -0.435 e. The number of piperidine rings is 1. The summed E-state index contributed by atoms with van der Waals surface area (Å²) in [6.45, 7) is -0.689. The van der Waals surface area contributed by atoms with Crippen molar-refractivity contribution in [3.8, 4) is 5.75 Å². The van der Waals surface area contributed by atoms with Crippen LogP contribution >= 0.6 is 0 Å². The molecule has 4 atom stereocenters. The number of halogens is 2. The van der Waals surface area contributed by atoms with E-state index < -0.39 is 6.61 Å². The molecule has 4 nitrogen and oxygen atoms in total. The van der Waals surface area contributed by atoms with E-state index in [4.69, 9.17) is 4.74 Å². The number of rotatable bonds is 5. The molecule has 1 amide bonds. The highest BCUT2D eigenvalue weighted by atomic mass is 19.3. The van der Waals surface area contributed by atoms with E-state index in [1.54, 1.807) is 6.07 Å². The van der Waals surface area contributed by atoms with Crippen molar-refractivity contribution in [3.63, 3.8) is 0 Å². The first-order valence-electron chi connectivity index (χ1n) is 14.7.